The number of carbonyl (C=O) groups is 1. The average molecular weight is 265 g/mol. The highest BCUT2D eigenvalue weighted by Gasteiger charge is 2.21. The molecule has 0 radical (unpaired) electrons. The third-order valence-electron chi connectivity index (χ3n) is 2.11. The molecular weight excluding hydrogens is 254 g/mol. The Bertz CT molecular complexity index is 473. The molecule has 0 aliphatic heterocycles. The van der Waals surface area contributed by atoms with Crippen LogP contribution in [-0.4, -0.2) is 10.9 Å². The smallest absolute Gasteiger partial charge is 0.251 e. The van der Waals surface area contributed by atoms with E-state index in [9.17, 15) is 4.79 Å². The Kier molecular flexibility index (Phi) is 4.13. The van der Waals surface area contributed by atoms with Crippen LogP contribution in [0, 0.1) is 0 Å². The van der Waals surface area contributed by atoms with Gasteiger partial charge in [-0.2, -0.15) is 0 Å². The summed E-state index contributed by atoms with van der Waals surface area (Å²) in [6.45, 7) is 0. The molecule has 1 heterocycles. The lowest BCUT2D eigenvalue weighted by atomic mass is 10.1. The van der Waals surface area contributed by atoms with Gasteiger partial charge >= 0.3 is 0 Å². The van der Waals surface area contributed by atoms with Crippen LogP contribution in [0.2, 0.25) is 0 Å². The van der Waals surface area contributed by atoms with Gasteiger partial charge in [0.25, 0.3) is 5.91 Å². The maximum Gasteiger partial charge on any atom is 0.251 e. The van der Waals surface area contributed by atoms with Crippen LogP contribution < -0.4 is 11.3 Å². The van der Waals surface area contributed by atoms with Crippen molar-refractivity contribution in [2.45, 2.75) is 9.59 Å². The maximum atomic E-state index is 11.8. The Balaban J connectivity index is 2.23. The van der Waals surface area contributed by atoms with Gasteiger partial charge in [-0.1, -0.05) is 42.1 Å². The lowest BCUT2D eigenvalue weighted by Gasteiger charge is -2.13. The molecule has 1 amide bonds. The third-order valence-corrected chi connectivity index (χ3v) is 4.28. The molecule has 17 heavy (non-hydrogen) atoms. The minimum atomic E-state index is -0.368. The number of rotatable bonds is 4. The average Bonchev–Trinajstić information content (AvgIpc) is 2.89. The molecule has 1 aromatic heterocycles. The monoisotopic (exact) mass is 265 g/mol. The number of hydrazine groups is 1. The van der Waals surface area contributed by atoms with Gasteiger partial charge in [0.1, 0.15) is 5.25 Å². The zero-order chi connectivity index (χ0) is 12.1. The zero-order valence-electron chi connectivity index (χ0n) is 8.87. The number of hydrogen-bond donors (Lipinski definition) is 2. The van der Waals surface area contributed by atoms with Crippen LogP contribution in [0.5, 0.6) is 0 Å². The fourth-order valence-corrected chi connectivity index (χ4v) is 3.17. The molecule has 2 aromatic rings. The van der Waals surface area contributed by atoms with E-state index in [1.54, 1.807) is 6.20 Å². The standard InChI is InChI=1S/C11H11N3OS2/c12-14-10(15)9(8-4-2-1-3-5-8)17-11-13-6-7-16-11/h1-7,9H,12H2,(H,14,15). The summed E-state index contributed by atoms with van der Waals surface area (Å²) < 4.78 is 0.849. The van der Waals surface area contributed by atoms with Crippen LogP contribution in [0.3, 0.4) is 0 Å². The minimum Gasteiger partial charge on any atom is -0.293 e. The zero-order valence-corrected chi connectivity index (χ0v) is 10.5. The number of thioether (sulfide) groups is 1. The number of thiazole rings is 1. The van der Waals surface area contributed by atoms with Crippen molar-refractivity contribution in [2.24, 2.45) is 5.84 Å². The van der Waals surface area contributed by atoms with Crippen molar-refractivity contribution in [3.63, 3.8) is 0 Å². The Morgan fingerprint density at radius 3 is 2.76 bits per heavy atom. The van der Waals surface area contributed by atoms with E-state index >= 15 is 0 Å². The van der Waals surface area contributed by atoms with Crippen LogP contribution in [-0.2, 0) is 4.79 Å². The second-order valence-corrected chi connectivity index (χ2v) is 5.46. The normalized spacial score (nSPS) is 12.1. The molecule has 6 heteroatoms. The van der Waals surface area contributed by atoms with Crippen molar-refractivity contribution in [1.82, 2.24) is 10.4 Å². The van der Waals surface area contributed by atoms with E-state index in [0.717, 1.165) is 9.90 Å². The molecule has 2 rings (SSSR count). The molecule has 1 aromatic carbocycles. The van der Waals surface area contributed by atoms with Gasteiger partial charge in [0.05, 0.1) is 0 Å². The third kappa shape index (κ3) is 3.06. The first kappa shape index (κ1) is 12.1. The van der Waals surface area contributed by atoms with Crippen molar-refractivity contribution in [3.8, 4) is 0 Å². The predicted octanol–water partition coefficient (Wildman–Crippen LogP) is 1.97. The van der Waals surface area contributed by atoms with E-state index in [0.29, 0.717) is 0 Å². The van der Waals surface area contributed by atoms with E-state index in [1.165, 1.54) is 23.1 Å². The summed E-state index contributed by atoms with van der Waals surface area (Å²) in [6, 6.07) is 9.51. The topological polar surface area (TPSA) is 68.0 Å². The van der Waals surface area contributed by atoms with Crippen molar-refractivity contribution in [2.75, 3.05) is 0 Å². The van der Waals surface area contributed by atoms with E-state index < -0.39 is 0 Å². The largest absolute Gasteiger partial charge is 0.293 e. The summed E-state index contributed by atoms with van der Waals surface area (Å²) in [7, 11) is 0. The number of hydrogen-bond acceptors (Lipinski definition) is 5. The van der Waals surface area contributed by atoms with Gasteiger partial charge in [-0.15, -0.1) is 11.3 Å². The molecule has 3 N–H and O–H groups in total. The number of aromatic nitrogens is 1. The minimum absolute atomic E-state index is 0.226. The maximum absolute atomic E-state index is 11.8. The van der Waals surface area contributed by atoms with E-state index in [1.807, 2.05) is 35.7 Å². The molecule has 0 aliphatic rings. The molecule has 1 unspecified atom stereocenters. The number of nitrogens with zero attached hydrogens (tertiary/aromatic N) is 1. The van der Waals surface area contributed by atoms with Crippen molar-refractivity contribution < 1.29 is 4.79 Å². The highest BCUT2D eigenvalue weighted by atomic mass is 32.2. The van der Waals surface area contributed by atoms with Crippen LogP contribution in [0.4, 0.5) is 0 Å². The molecule has 0 saturated heterocycles. The van der Waals surface area contributed by atoms with Gasteiger partial charge in [0.15, 0.2) is 4.34 Å². The molecule has 0 aliphatic carbocycles. The van der Waals surface area contributed by atoms with Crippen molar-refractivity contribution in [3.05, 3.63) is 47.5 Å². The molecule has 4 nitrogen and oxygen atoms in total. The first-order valence-corrected chi connectivity index (χ1v) is 6.68. The SMILES string of the molecule is NNC(=O)C(Sc1nccs1)c1ccccc1. The highest BCUT2D eigenvalue weighted by molar-refractivity contribution is 8.01. The summed E-state index contributed by atoms with van der Waals surface area (Å²) >= 11 is 2.90. The molecule has 0 fully saturated rings. The quantitative estimate of drug-likeness (QED) is 0.384. The number of nitrogens with two attached hydrogens (primary N) is 1. The Hall–Kier alpha value is -1.37. The molecule has 0 spiro atoms. The van der Waals surface area contributed by atoms with Gasteiger partial charge in [0.2, 0.25) is 0 Å². The van der Waals surface area contributed by atoms with Crippen molar-refractivity contribution in [1.29, 1.82) is 0 Å². The Labute approximate surface area is 107 Å². The van der Waals surface area contributed by atoms with Crippen LogP contribution >= 0.6 is 23.1 Å². The molecule has 88 valence electrons. The number of amides is 1. The Morgan fingerprint density at radius 1 is 1.41 bits per heavy atom. The van der Waals surface area contributed by atoms with E-state index in [4.69, 9.17) is 5.84 Å². The lowest BCUT2D eigenvalue weighted by molar-refractivity contribution is -0.120. The number of benzene rings is 1. The molecule has 0 saturated carbocycles. The van der Waals surface area contributed by atoms with Crippen LogP contribution in [0.15, 0.2) is 46.2 Å². The summed E-state index contributed by atoms with van der Waals surface area (Å²) in [4.78, 5) is 15.9. The predicted molar refractivity (Wildman–Crippen MR) is 69.5 cm³/mol. The van der Waals surface area contributed by atoms with E-state index in [2.05, 4.69) is 10.4 Å². The van der Waals surface area contributed by atoms with Crippen LogP contribution in [0.25, 0.3) is 0 Å². The molecule has 1 atom stereocenters. The van der Waals surface area contributed by atoms with Gasteiger partial charge in [0, 0.05) is 11.6 Å². The van der Waals surface area contributed by atoms with Crippen LogP contribution in [0.1, 0.15) is 10.8 Å². The van der Waals surface area contributed by atoms with Gasteiger partial charge in [-0.25, -0.2) is 10.8 Å². The fraction of sp³-hybridized carbons (Fsp3) is 0.0909. The molecule has 0 bridgehead atoms. The summed E-state index contributed by atoms with van der Waals surface area (Å²) in [5.74, 6) is 4.98. The highest BCUT2D eigenvalue weighted by Crippen LogP contribution is 2.36. The Morgan fingerprint density at radius 2 is 2.18 bits per heavy atom. The summed E-state index contributed by atoms with van der Waals surface area (Å²) in [5, 5.41) is 1.51. The van der Waals surface area contributed by atoms with E-state index in [-0.39, 0.29) is 11.2 Å². The fourth-order valence-electron chi connectivity index (χ4n) is 1.35. The van der Waals surface area contributed by atoms with Gasteiger partial charge < -0.3 is 0 Å². The summed E-state index contributed by atoms with van der Waals surface area (Å²) in [5.41, 5.74) is 3.11. The number of nitrogens with one attached hydrogen (secondary N) is 1. The second-order valence-electron chi connectivity index (χ2n) is 3.22. The lowest BCUT2D eigenvalue weighted by Crippen LogP contribution is -2.33. The van der Waals surface area contributed by atoms with Gasteiger partial charge in [-0.05, 0) is 5.56 Å². The second kappa shape index (κ2) is 5.81. The first-order valence-electron chi connectivity index (χ1n) is 4.93. The van der Waals surface area contributed by atoms with Crippen molar-refractivity contribution >= 4 is 29.0 Å². The summed E-state index contributed by atoms with van der Waals surface area (Å²) in [6.07, 6.45) is 1.72. The first-order chi connectivity index (χ1) is 8.31. The molecular formula is C11H11N3OS2. The number of carbonyl (C=O) groups excluding carboxylic acids is 1. The van der Waals surface area contributed by atoms with Gasteiger partial charge in [-0.3, -0.25) is 10.2 Å².